The molecule has 27 heavy (non-hydrogen) atoms. The van der Waals surface area contributed by atoms with E-state index in [1.807, 2.05) is 29.2 Å². The molecule has 0 N–H and O–H groups in total. The van der Waals surface area contributed by atoms with Gasteiger partial charge in [0.05, 0.1) is 30.5 Å². The maximum atomic E-state index is 13.1. The topological polar surface area (TPSA) is 75.6 Å². The lowest BCUT2D eigenvalue weighted by Gasteiger charge is -2.24. The molecule has 0 unspecified atom stereocenters. The first-order chi connectivity index (χ1) is 13.1. The molecule has 2 amide bonds. The zero-order chi connectivity index (χ0) is 18.9. The van der Waals surface area contributed by atoms with Gasteiger partial charge in [-0.2, -0.15) is 10.2 Å². The molecule has 2 aliphatic heterocycles. The van der Waals surface area contributed by atoms with Crippen LogP contribution in [0.15, 0.2) is 42.7 Å². The number of hydrogen-bond donors (Lipinski definition) is 0. The zero-order valence-corrected chi connectivity index (χ0v) is 15.3. The summed E-state index contributed by atoms with van der Waals surface area (Å²) in [6.45, 7) is 2.36. The van der Waals surface area contributed by atoms with Crippen LogP contribution in [-0.4, -0.2) is 58.6 Å². The van der Waals surface area contributed by atoms with Gasteiger partial charge in [0.15, 0.2) is 0 Å². The fourth-order valence-corrected chi connectivity index (χ4v) is 4.06. The van der Waals surface area contributed by atoms with E-state index in [0.29, 0.717) is 31.6 Å². The third-order valence-electron chi connectivity index (χ3n) is 5.58. The van der Waals surface area contributed by atoms with Crippen molar-refractivity contribution in [2.45, 2.75) is 19.4 Å². The van der Waals surface area contributed by atoms with Gasteiger partial charge in [0.25, 0.3) is 5.91 Å². The summed E-state index contributed by atoms with van der Waals surface area (Å²) in [4.78, 5) is 29.5. The molecule has 1 atom stereocenters. The largest absolute Gasteiger partial charge is 0.497 e. The van der Waals surface area contributed by atoms with E-state index in [0.717, 1.165) is 24.3 Å². The van der Waals surface area contributed by atoms with Crippen LogP contribution >= 0.6 is 0 Å². The number of ether oxygens (including phenoxy) is 1. The molecular formula is C20H22N4O3. The van der Waals surface area contributed by atoms with Crippen LogP contribution in [0.5, 0.6) is 5.75 Å². The molecule has 4 rings (SSSR count). The fourth-order valence-electron chi connectivity index (χ4n) is 4.06. The molecule has 2 saturated heterocycles. The molecule has 7 heteroatoms. The van der Waals surface area contributed by atoms with Crippen LogP contribution in [0.25, 0.3) is 0 Å². The Labute approximate surface area is 157 Å². The molecule has 0 saturated carbocycles. The summed E-state index contributed by atoms with van der Waals surface area (Å²) in [5, 5.41) is 7.48. The van der Waals surface area contributed by atoms with Crippen molar-refractivity contribution in [3.8, 4) is 5.75 Å². The Morgan fingerprint density at radius 2 is 2.07 bits per heavy atom. The first-order valence-electron chi connectivity index (χ1n) is 9.10. The van der Waals surface area contributed by atoms with E-state index in [1.165, 1.54) is 12.4 Å². The molecule has 1 aromatic heterocycles. The highest BCUT2D eigenvalue weighted by Gasteiger charge is 2.51. The van der Waals surface area contributed by atoms with Gasteiger partial charge in [0.2, 0.25) is 5.91 Å². The minimum atomic E-state index is -0.449. The molecule has 2 aliphatic rings. The number of hydrogen-bond acceptors (Lipinski definition) is 5. The van der Waals surface area contributed by atoms with Gasteiger partial charge in [-0.1, -0.05) is 12.1 Å². The third-order valence-corrected chi connectivity index (χ3v) is 5.58. The van der Waals surface area contributed by atoms with Crippen LogP contribution in [0, 0.1) is 5.41 Å². The molecule has 0 bridgehead atoms. The molecule has 0 radical (unpaired) electrons. The Bertz CT molecular complexity index is 857. The van der Waals surface area contributed by atoms with E-state index in [2.05, 4.69) is 10.2 Å². The van der Waals surface area contributed by atoms with E-state index in [-0.39, 0.29) is 11.8 Å². The normalized spacial score (nSPS) is 21.9. The van der Waals surface area contributed by atoms with E-state index in [1.54, 1.807) is 18.1 Å². The molecular weight excluding hydrogens is 344 g/mol. The van der Waals surface area contributed by atoms with Gasteiger partial charge in [0, 0.05) is 26.2 Å². The number of carbonyl (C=O) groups is 2. The first kappa shape index (κ1) is 17.5. The van der Waals surface area contributed by atoms with Crippen molar-refractivity contribution in [1.82, 2.24) is 20.0 Å². The monoisotopic (exact) mass is 366 g/mol. The van der Waals surface area contributed by atoms with E-state index in [4.69, 9.17) is 4.74 Å². The average molecular weight is 366 g/mol. The lowest BCUT2D eigenvalue weighted by Crippen LogP contribution is -2.38. The summed E-state index contributed by atoms with van der Waals surface area (Å²) in [6, 6.07) is 9.45. The van der Waals surface area contributed by atoms with Gasteiger partial charge >= 0.3 is 0 Å². The lowest BCUT2D eigenvalue weighted by molar-refractivity contribution is -0.135. The molecule has 3 heterocycles. The van der Waals surface area contributed by atoms with Crippen molar-refractivity contribution < 1.29 is 14.3 Å². The number of carbonyl (C=O) groups excluding carboxylic acids is 2. The molecule has 1 aromatic carbocycles. The van der Waals surface area contributed by atoms with Crippen LogP contribution in [0.1, 0.15) is 28.8 Å². The van der Waals surface area contributed by atoms with Gasteiger partial charge in [-0.05, 0) is 36.6 Å². The Balaban J connectivity index is 1.44. The van der Waals surface area contributed by atoms with Crippen LogP contribution < -0.4 is 4.74 Å². The summed E-state index contributed by atoms with van der Waals surface area (Å²) in [7, 11) is 1.64. The highest BCUT2D eigenvalue weighted by Crippen LogP contribution is 2.41. The van der Waals surface area contributed by atoms with Crippen LogP contribution in [0.3, 0.4) is 0 Å². The first-order valence-corrected chi connectivity index (χ1v) is 9.10. The minimum Gasteiger partial charge on any atom is -0.497 e. The second-order valence-electron chi connectivity index (χ2n) is 7.22. The molecule has 2 fully saturated rings. The number of aromatic nitrogens is 2. The van der Waals surface area contributed by atoms with Crippen molar-refractivity contribution in [2.24, 2.45) is 5.41 Å². The quantitative estimate of drug-likeness (QED) is 0.824. The van der Waals surface area contributed by atoms with Crippen molar-refractivity contribution in [3.05, 3.63) is 53.9 Å². The third kappa shape index (κ3) is 3.25. The van der Waals surface area contributed by atoms with Crippen molar-refractivity contribution in [2.75, 3.05) is 26.7 Å². The number of methoxy groups -OCH3 is 1. The Kier molecular flexibility index (Phi) is 4.51. The number of nitrogens with zero attached hydrogens (tertiary/aromatic N) is 4. The number of rotatable bonds is 4. The summed E-state index contributed by atoms with van der Waals surface area (Å²) in [5.41, 5.74) is 1.11. The smallest absolute Gasteiger partial charge is 0.255 e. The predicted molar refractivity (Wildman–Crippen MR) is 98.0 cm³/mol. The molecule has 0 aliphatic carbocycles. The Hall–Kier alpha value is -2.96. The second kappa shape index (κ2) is 6.98. The van der Waals surface area contributed by atoms with Gasteiger partial charge in [-0.15, -0.1) is 0 Å². The SMILES string of the molecule is COc1cccc(CN2CC[C@]3(CCN(C(=O)c4ccnnc4)C3)C2=O)c1. The lowest BCUT2D eigenvalue weighted by atomic mass is 9.85. The van der Waals surface area contributed by atoms with Crippen molar-refractivity contribution >= 4 is 11.8 Å². The molecule has 1 spiro atoms. The average Bonchev–Trinajstić information content (AvgIpc) is 3.28. The van der Waals surface area contributed by atoms with Crippen LogP contribution in [-0.2, 0) is 11.3 Å². The van der Waals surface area contributed by atoms with Gasteiger partial charge in [0.1, 0.15) is 5.75 Å². The van der Waals surface area contributed by atoms with Gasteiger partial charge in [-0.3, -0.25) is 9.59 Å². The van der Waals surface area contributed by atoms with E-state index in [9.17, 15) is 9.59 Å². The maximum absolute atomic E-state index is 13.1. The number of likely N-dealkylation sites (tertiary alicyclic amines) is 2. The number of amides is 2. The summed E-state index contributed by atoms with van der Waals surface area (Å²) in [5.74, 6) is 0.853. The van der Waals surface area contributed by atoms with E-state index >= 15 is 0 Å². The van der Waals surface area contributed by atoms with Crippen molar-refractivity contribution in [1.29, 1.82) is 0 Å². The number of benzene rings is 1. The predicted octanol–water partition coefficient (Wildman–Crippen LogP) is 1.75. The summed E-state index contributed by atoms with van der Waals surface area (Å²) >= 11 is 0. The van der Waals surface area contributed by atoms with Gasteiger partial charge in [-0.25, -0.2) is 0 Å². The van der Waals surface area contributed by atoms with Crippen LogP contribution in [0.4, 0.5) is 0 Å². The van der Waals surface area contributed by atoms with Crippen LogP contribution in [0.2, 0.25) is 0 Å². The summed E-state index contributed by atoms with van der Waals surface area (Å²) < 4.78 is 5.26. The standard InChI is InChI=1S/C20H22N4O3/c1-27-17-4-2-3-15(11-17)13-23-9-6-20(19(23)26)7-10-24(14-20)18(25)16-5-8-21-22-12-16/h2-5,8,11-12H,6-7,9-10,13-14H2,1H3/t20-/m1/s1. The fraction of sp³-hybridized carbons (Fsp3) is 0.400. The zero-order valence-electron chi connectivity index (χ0n) is 15.3. The highest BCUT2D eigenvalue weighted by molar-refractivity contribution is 5.95. The Morgan fingerprint density at radius 1 is 1.22 bits per heavy atom. The van der Waals surface area contributed by atoms with Crippen molar-refractivity contribution in [3.63, 3.8) is 0 Å². The molecule has 7 nitrogen and oxygen atoms in total. The van der Waals surface area contributed by atoms with Gasteiger partial charge < -0.3 is 14.5 Å². The Morgan fingerprint density at radius 3 is 2.85 bits per heavy atom. The highest BCUT2D eigenvalue weighted by atomic mass is 16.5. The minimum absolute atomic E-state index is 0.0826. The summed E-state index contributed by atoms with van der Waals surface area (Å²) in [6.07, 6.45) is 4.48. The maximum Gasteiger partial charge on any atom is 0.255 e. The molecule has 2 aromatic rings. The second-order valence-corrected chi connectivity index (χ2v) is 7.22. The molecule has 140 valence electrons. The van der Waals surface area contributed by atoms with E-state index < -0.39 is 5.41 Å².